The van der Waals surface area contributed by atoms with Gasteiger partial charge in [-0.2, -0.15) is 0 Å². The number of halogens is 2. The molecule has 0 unspecified atom stereocenters. The van der Waals surface area contributed by atoms with Gasteiger partial charge in [0, 0.05) is 21.8 Å². The molecule has 7 nitrogen and oxygen atoms in total. The minimum atomic E-state index is -3.86. The summed E-state index contributed by atoms with van der Waals surface area (Å²) in [5, 5.41) is 3.29. The lowest BCUT2D eigenvalue weighted by molar-refractivity contribution is -0.111. The van der Waals surface area contributed by atoms with Gasteiger partial charge < -0.3 is 14.8 Å². The predicted molar refractivity (Wildman–Crippen MR) is 124 cm³/mol. The molecule has 0 radical (unpaired) electrons. The third-order valence-electron chi connectivity index (χ3n) is 4.37. The van der Waals surface area contributed by atoms with Crippen molar-refractivity contribution >= 4 is 56.6 Å². The van der Waals surface area contributed by atoms with Crippen LogP contribution in [0.5, 0.6) is 11.5 Å². The second kappa shape index (κ2) is 9.12. The Morgan fingerprint density at radius 2 is 1.56 bits per heavy atom. The fraction of sp³-hybridized carbons (Fsp3) is 0.0455. The van der Waals surface area contributed by atoms with Crippen LogP contribution in [0.2, 0.25) is 10.0 Å². The van der Waals surface area contributed by atoms with Crippen LogP contribution in [-0.2, 0) is 14.8 Å². The first-order valence-electron chi connectivity index (χ1n) is 9.26. The highest BCUT2D eigenvalue weighted by atomic mass is 35.5. The molecule has 1 aliphatic heterocycles. The molecule has 0 aromatic heterocycles. The van der Waals surface area contributed by atoms with Gasteiger partial charge in [0.15, 0.2) is 11.5 Å². The minimum absolute atomic E-state index is 0.0162. The van der Waals surface area contributed by atoms with Gasteiger partial charge in [-0.05, 0) is 66.2 Å². The van der Waals surface area contributed by atoms with Crippen LogP contribution in [0.4, 0.5) is 11.4 Å². The normalized spacial score (nSPS) is 12.7. The number of anilines is 2. The first-order valence-corrected chi connectivity index (χ1v) is 11.5. The summed E-state index contributed by atoms with van der Waals surface area (Å²) in [5.41, 5.74) is 1.46. The van der Waals surface area contributed by atoms with Gasteiger partial charge in [0.05, 0.1) is 10.6 Å². The highest BCUT2D eigenvalue weighted by molar-refractivity contribution is 7.92. The molecule has 10 heteroatoms. The molecule has 1 heterocycles. The molecule has 0 saturated carbocycles. The number of fused-ring (bicyclic) bond motifs is 1. The summed E-state index contributed by atoms with van der Waals surface area (Å²) in [7, 11) is -3.86. The molecular formula is C22H16Cl2N2O5S. The molecule has 3 aromatic rings. The summed E-state index contributed by atoms with van der Waals surface area (Å²) >= 11 is 11.8. The quantitative estimate of drug-likeness (QED) is 0.464. The van der Waals surface area contributed by atoms with E-state index in [0.717, 1.165) is 5.56 Å². The van der Waals surface area contributed by atoms with E-state index in [1.54, 1.807) is 24.3 Å². The maximum absolute atomic E-state index is 12.6. The minimum Gasteiger partial charge on any atom is -0.454 e. The Morgan fingerprint density at radius 3 is 2.28 bits per heavy atom. The molecule has 164 valence electrons. The van der Waals surface area contributed by atoms with Gasteiger partial charge in [0.2, 0.25) is 12.7 Å². The van der Waals surface area contributed by atoms with Crippen molar-refractivity contribution in [2.75, 3.05) is 16.8 Å². The van der Waals surface area contributed by atoms with Gasteiger partial charge in [-0.3, -0.25) is 9.52 Å². The molecule has 0 spiro atoms. The van der Waals surface area contributed by atoms with E-state index in [-0.39, 0.29) is 23.3 Å². The molecule has 0 bridgehead atoms. The second-order valence-electron chi connectivity index (χ2n) is 6.72. The largest absolute Gasteiger partial charge is 0.454 e. The average molecular weight is 491 g/mol. The Labute approximate surface area is 194 Å². The van der Waals surface area contributed by atoms with Gasteiger partial charge in [-0.25, -0.2) is 8.42 Å². The van der Waals surface area contributed by atoms with Crippen molar-refractivity contribution in [1.82, 2.24) is 0 Å². The van der Waals surface area contributed by atoms with Crippen LogP contribution in [0.3, 0.4) is 0 Å². The molecule has 2 N–H and O–H groups in total. The van der Waals surface area contributed by atoms with E-state index in [0.29, 0.717) is 27.2 Å². The van der Waals surface area contributed by atoms with Crippen molar-refractivity contribution in [2.45, 2.75) is 4.90 Å². The van der Waals surface area contributed by atoms with E-state index >= 15 is 0 Å². The van der Waals surface area contributed by atoms with E-state index in [2.05, 4.69) is 10.0 Å². The number of amides is 1. The van der Waals surface area contributed by atoms with Crippen molar-refractivity contribution in [2.24, 2.45) is 0 Å². The summed E-state index contributed by atoms with van der Waals surface area (Å²) in [6.45, 7) is 0.178. The van der Waals surface area contributed by atoms with Gasteiger partial charge in [-0.15, -0.1) is 0 Å². The Kier molecular flexibility index (Phi) is 6.27. The van der Waals surface area contributed by atoms with Crippen molar-refractivity contribution in [3.05, 3.63) is 82.3 Å². The first kappa shape index (κ1) is 22.0. The van der Waals surface area contributed by atoms with Gasteiger partial charge in [-0.1, -0.05) is 29.3 Å². The van der Waals surface area contributed by atoms with Crippen LogP contribution in [0.1, 0.15) is 5.56 Å². The predicted octanol–water partition coefficient (Wildman–Crippen LogP) is 5.17. The number of benzene rings is 3. The zero-order chi connectivity index (χ0) is 22.7. The number of hydrogen-bond acceptors (Lipinski definition) is 5. The fourth-order valence-electron chi connectivity index (χ4n) is 2.92. The number of sulfonamides is 1. The van der Waals surface area contributed by atoms with Crippen molar-refractivity contribution < 1.29 is 22.7 Å². The lowest BCUT2D eigenvalue weighted by atomic mass is 10.2. The monoisotopic (exact) mass is 490 g/mol. The lowest BCUT2D eigenvalue weighted by Crippen LogP contribution is -2.13. The van der Waals surface area contributed by atoms with Crippen LogP contribution in [-0.4, -0.2) is 21.1 Å². The third kappa shape index (κ3) is 5.34. The highest BCUT2D eigenvalue weighted by Gasteiger charge is 2.15. The van der Waals surface area contributed by atoms with Gasteiger partial charge in [0.25, 0.3) is 10.0 Å². The number of carbonyl (C=O) groups is 1. The standard InChI is InChI=1S/C22H16Cl2N2O5S/c23-15-10-16(24)12-18(11-15)26-32(28,29)19-5-3-17(4-6-19)25-22(27)8-2-14-1-7-20-21(9-14)31-13-30-20/h1-12,26H,13H2,(H,25,27). The second-order valence-corrected chi connectivity index (χ2v) is 9.28. The smallest absolute Gasteiger partial charge is 0.261 e. The summed E-state index contributed by atoms with van der Waals surface area (Å²) in [5.74, 6) is 0.914. The van der Waals surface area contributed by atoms with E-state index in [4.69, 9.17) is 32.7 Å². The Bertz CT molecular complexity index is 1290. The van der Waals surface area contributed by atoms with E-state index in [1.165, 1.54) is 48.5 Å². The fourth-order valence-corrected chi connectivity index (χ4v) is 4.48. The van der Waals surface area contributed by atoms with Crippen molar-refractivity contribution in [1.29, 1.82) is 0 Å². The Morgan fingerprint density at radius 1 is 0.875 bits per heavy atom. The van der Waals surface area contributed by atoms with Crippen LogP contribution < -0.4 is 19.5 Å². The van der Waals surface area contributed by atoms with Gasteiger partial charge in [0.1, 0.15) is 0 Å². The van der Waals surface area contributed by atoms with E-state index in [1.807, 2.05) is 0 Å². The molecule has 32 heavy (non-hydrogen) atoms. The Hall–Kier alpha value is -3.20. The van der Waals surface area contributed by atoms with Crippen LogP contribution in [0.15, 0.2) is 71.6 Å². The molecule has 0 aliphatic carbocycles. The zero-order valence-electron chi connectivity index (χ0n) is 16.3. The zero-order valence-corrected chi connectivity index (χ0v) is 18.7. The van der Waals surface area contributed by atoms with E-state index < -0.39 is 10.0 Å². The molecule has 0 fully saturated rings. The van der Waals surface area contributed by atoms with Crippen LogP contribution >= 0.6 is 23.2 Å². The van der Waals surface area contributed by atoms with Crippen molar-refractivity contribution in [3.63, 3.8) is 0 Å². The van der Waals surface area contributed by atoms with Gasteiger partial charge >= 0.3 is 0 Å². The SMILES string of the molecule is O=C(C=Cc1ccc2c(c1)OCO2)Nc1ccc(S(=O)(=O)Nc2cc(Cl)cc(Cl)c2)cc1. The van der Waals surface area contributed by atoms with Crippen LogP contribution in [0.25, 0.3) is 6.08 Å². The maximum Gasteiger partial charge on any atom is 0.261 e. The third-order valence-corrected chi connectivity index (χ3v) is 6.20. The number of ether oxygens (including phenoxy) is 2. The summed E-state index contributed by atoms with van der Waals surface area (Å²) in [6, 6.07) is 15.5. The van der Waals surface area contributed by atoms with E-state index in [9.17, 15) is 13.2 Å². The average Bonchev–Trinajstić information content (AvgIpc) is 3.19. The molecule has 0 saturated heterocycles. The van der Waals surface area contributed by atoms with Crippen molar-refractivity contribution in [3.8, 4) is 11.5 Å². The topological polar surface area (TPSA) is 93.7 Å². The lowest BCUT2D eigenvalue weighted by Gasteiger charge is -2.10. The Balaban J connectivity index is 1.40. The van der Waals surface area contributed by atoms with Crippen LogP contribution in [0, 0.1) is 0 Å². The summed E-state index contributed by atoms with van der Waals surface area (Å²) < 4.78 is 38.1. The number of hydrogen-bond donors (Lipinski definition) is 2. The highest BCUT2D eigenvalue weighted by Crippen LogP contribution is 2.32. The molecule has 3 aromatic carbocycles. The molecule has 0 atom stereocenters. The molecule has 1 amide bonds. The molecule has 1 aliphatic rings. The number of carbonyl (C=O) groups excluding carboxylic acids is 1. The molecular weight excluding hydrogens is 475 g/mol. The summed E-state index contributed by atoms with van der Waals surface area (Å²) in [6.07, 6.45) is 3.00. The number of rotatable bonds is 6. The molecule has 4 rings (SSSR count). The summed E-state index contributed by atoms with van der Waals surface area (Å²) in [4.78, 5) is 12.2. The first-order chi connectivity index (χ1) is 15.3. The maximum atomic E-state index is 12.6. The number of nitrogens with one attached hydrogen (secondary N) is 2.